The Balaban J connectivity index is 1.12. The van der Waals surface area contributed by atoms with Gasteiger partial charge in [-0.2, -0.15) is 0 Å². The lowest BCUT2D eigenvalue weighted by molar-refractivity contribution is 1.07. The van der Waals surface area contributed by atoms with Gasteiger partial charge in [0.2, 0.25) is 0 Å². The molecule has 6 nitrogen and oxygen atoms in total. The molecule has 7 aromatic carbocycles. The fourth-order valence-electron chi connectivity index (χ4n) is 7.48. The van der Waals surface area contributed by atoms with Crippen LogP contribution in [0.2, 0.25) is 0 Å². The average Bonchev–Trinajstić information content (AvgIpc) is 3.29. The van der Waals surface area contributed by atoms with Gasteiger partial charge in [-0.1, -0.05) is 140 Å². The molecule has 0 spiro atoms. The molecule has 0 N–H and O–H groups in total. The molecule has 56 heavy (non-hydrogen) atoms. The molecule has 0 aliphatic heterocycles. The van der Waals surface area contributed by atoms with E-state index < -0.39 is 0 Å². The molecule has 0 saturated carbocycles. The Labute approximate surface area is 323 Å². The topological polar surface area (TPSA) is 68.8 Å². The van der Waals surface area contributed by atoms with Crippen molar-refractivity contribution in [3.63, 3.8) is 0 Å². The molecule has 0 bridgehead atoms. The van der Waals surface area contributed by atoms with Gasteiger partial charge in [-0.25, -0.2) is 19.8 Å². The maximum Gasteiger partial charge on any atom is 0.187 e. The number of pyridine rings is 2. The monoisotopic (exact) mass is 714 g/mol. The molecule has 260 valence electrons. The van der Waals surface area contributed by atoms with Crippen molar-refractivity contribution in [2.24, 2.45) is 0 Å². The van der Waals surface area contributed by atoms with Gasteiger partial charge in [0.15, 0.2) is 23.2 Å². The minimum Gasteiger partial charge on any atom is -0.256 e. The van der Waals surface area contributed by atoms with Crippen LogP contribution in [0.3, 0.4) is 0 Å². The first kappa shape index (κ1) is 32.7. The maximum absolute atomic E-state index is 7.28. The fraction of sp³-hybridized carbons (Fsp3) is 0. The van der Waals surface area contributed by atoms with Crippen LogP contribution in [-0.4, -0.2) is 24.9 Å². The van der Waals surface area contributed by atoms with E-state index in [4.69, 9.17) is 31.5 Å². The van der Waals surface area contributed by atoms with Crippen molar-refractivity contribution in [3.05, 3.63) is 194 Å². The van der Waals surface area contributed by atoms with Gasteiger partial charge in [0.1, 0.15) is 0 Å². The molecular weight excluding hydrogens is 685 g/mol. The van der Waals surface area contributed by atoms with Crippen molar-refractivity contribution in [1.82, 2.24) is 24.9 Å². The van der Waals surface area contributed by atoms with Crippen LogP contribution in [-0.2, 0) is 0 Å². The van der Waals surface area contributed by atoms with Crippen LogP contribution < -0.4 is 0 Å². The van der Waals surface area contributed by atoms with Gasteiger partial charge in [0, 0.05) is 51.0 Å². The summed E-state index contributed by atoms with van der Waals surface area (Å²) in [6.07, 6.45) is 3.72. The van der Waals surface area contributed by atoms with Gasteiger partial charge in [0.05, 0.1) is 17.6 Å². The standard InChI is InChI=1S/C50H30N6/c1-51-39-25-23-33(24-26-39)32-19-21-34(22-20-32)42-30-44-41-18-10-28-53-47(41)43(31-45(44)40-17-9-27-52-46(40)42)37-15-8-16-38(29-37)50-55-48(35-11-4-2-5-12-35)54-49(56-50)36-13-6-3-7-14-36/h2-31H. The third-order valence-corrected chi connectivity index (χ3v) is 10.2. The second kappa shape index (κ2) is 13.8. The molecule has 10 aromatic rings. The number of hydrogen-bond donors (Lipinski definition) is 0. The van der Waals surface area contributed by atoms with Crippen molar-refractivity contribution in [3.8, 4) is 67.5 Å². The lowest BCUT2D eigenvalue weighted by Gasteiger charge is -2.15. The Morgan fingerprint density at radius 3 is 1.32 bits per heavy atom. The minimum absolute atomic E-state index is 0.600. The molecule has 6 heteroatoms. The lowest BCUT2D eigenvalue weighted by Crippen LogP contribution is -2.00. The Morgan fingerprint density at radius 1 is 0.339 bits per heavy atom. The van der Waals surface area contributed by atoms with Crippen LogP contribution in [0.1, 0.15) is 0 Å². The number of rotatable bonds is 6. The van der Waals surface area contributed by atoms with E-state index in [0.717, 1.165) is 82.6 Å². The second-order valence-corrected chi connectivity index (χ2v) is 13.6. The minimum atomic E-state index is 0.600. The van der Waals surface area contributed by atoms with E-state index in [1.165, 1.54) is 0 Å². The summed E-state index contributed by atoms with van der Waals surface area (Å²) in [5.41, 5.74) is 11.5. The first-order chi connectivity index (χ1) is 27.7. The Morgan fingerprint density at radius 2 is 0.786 bits per heavy atom. The largest absolute Gasteiger partial charge is 0.256 e. The highest BCUT2D eigenvalue weighted by Gasteiger charge is 2.18. The summed E-state index contributed by atoms with van der Waals surface area (Å²) in [5, 5.41) is 4.35. The number of aromatic nitrogens is 5. The average molecular weight is 715 g/mol. The molecule has 0 atom stereocenters. The van der Waals surface area contributed by atoms with Gasteiger partial charge in [-0.05, 0) is 63.4 Å². The van der Waals surface area contributed by atoms with Crippen LogP contribution in [0, 0.1) is 6.57 Å². The summed E-state index contributed by atoms with van der Waals surface area (Å²) >= 11 is 0. The molecular formula is C50H30N6. The summed E-state index contributed by atoms with van der Waals surface area (Å²) in [6, 6.07) is 57.6. The van der Waals surface area contributed by atoms with Crippen LogP contribution in [0.25, 0.3) is 105 Å². The van der Waals surface area contributed by atoms with E-state index >= 15 is 0 Å². The van der Waals surface area contributed by atoms with E-state index in [0.29, 0.717) is 23.2 Å². The van der Waals surface area contributed by atoms with E-state index in [9.17, 15) is 0 Å². The number of benzene rings is 7. The molecule has 0 unspecified atom stereocenters. The Bertz CT molecular complexity index is 3060. The molecule has 0 fully saturated rings. The summed E-state index contributed by atoms with van der Waals surface area (Å²) in [7, 11) is 0. The van der Waals surface area contributed by atoms with Gasteiger partial charge in [-0.3, -0.25) is 9.97 Å². The zero-order valence-electron chi connectivity index (χ0n) is 30.0. The molecule has 0 aliphatic rings. The van der Waals surface area contributed by atoms with Crippen LogP contribution in [0.4, 0.5) is 5.69 Å². The number of fused-ring (bicyclic) bond motifs is 5. The third kappa shape index (κ3) is 5.90. The molecule has 0 saturated heterocycles. The predicted molar refractivity (Wildman–Crippen MR) is 227 cm³/mol. The van der Waals surface area contributed by atoms with Crippen molar-refractivity contribution >= 4 is 38.3 Å². The summed E-state index contributed by atoms with van der Waals surface area (Å²) < 4.78 is 0. The van der Waals surface area contributed by atoms with Gasteiger partial charge < -0.3 is 0 Å². The highest BCUT2D eigenvalue weighted by Crippen LogP contribution is 2.41. The molecule has 0 amide bonds. The van der Waals surface area contributed by atoms with E-state index in [1.807, 2.05) is 109 Å². The molecule has 0 aliphatic carbocycles. The van der Waals surface area contributed by atoms with Crippen molar-refractivity contribution in [1.29, 1.82) is 0 Å². The molecule has 3 heterocycles. The van der Waals surface area contributed by atoms with Gasteiger partial charge in [-0.15, -0.1) is 0 Å². The molecule has 0 radical (unpaired) electrons. The van der Waals surface area contributed by atoms with Gasteiger partial charge >= 0.3 is 0 Å². The SMILES string of the molecule is [C-]#[N+]c1ccc(-c2ccc(-c3cc4c5cccnc5c(-c5cccc(-c6nc(-c7ccccc7)nc(-c7ccccc7)n6)c5)cc4c4cccnc34)cc2)cc1. The zero-order chi connectivity index (χ0) is 37.4. The highest BCUT2D eigenvalue weighted by molar-refractivity contribution is 6.22. The molecule has 10 rings (SSSR count). The lowest BCUT2D eigenvalue weighted by atomic mass is 9.90. The third-order valence-electron chi connectivity index (χ3n) is 10.2. The first-order valence-corrected chi connectivity index (χ1v) is 18.4. The second-order valence-electron chi connectivity index (χ2n) is 13.6. The van der Waals surface area contributed by atoms with Crippen molar-refractivity contribution < 1.29 is 0 Å². The van der Waals surface area contributed by atoms with Crippen LogP contribution >= 0.6 is 0 Å². The quantitative estimate of drug-likeness (QED) is 0.127. The van der Waals surface area contributed by atoms with Crippen molar-refractivity contribution in [2.45, 2.75) is 0 Å². The van der Waals surface area contributed by atoms with Crippen molar-refractivity contribution in [2.75, 3.05) is 0 Å². The van der Waals surface area contributed by atoms with Crippen LogP contribution in [0.15, 0.2) is 182 Å². The summed E-state index contributed by atoms with van der Waals surface area (Å²) in [4.78, 5) is 28.3. The Kier molecular flexibility index (Phi) is 8.09. The highest BCUT2D eigenvalue weighted by atomic mass is 15.0. The normalized spacial score (nSPS) is 11.2. The fourth-order valence-corrected chi connectivity index (χ4v) is 7.48. The molecule has 3 aromatic heterocycles. The Hall–Kier alpha value is -7.88. The smallest absolute Gasteiger partial charge is 0.187 e. The predicted octanol–water partition coefficient (Wildman–Crippen LogP) is 12.7. The van der Waals surface area contributed by atoms with E-state index in [1.54, 1.807) is 0 Å². The first-order valence-electron chi connectivity index (χ1n) is 18.4. The number of hydrogen-bond acceptors (Lipinski definition) is 5. The number of nitrogens with zero attached hydrogens (tertiary/aromatic N) is 6. The maximum atomic E-state index is 7.28. The summed E-state index contributed by atoms with van der Waals surface area (Å²) in [5.74, 6) is 1.85. The van der Waals surface area contributed by atoms with Crippen LogP contribution in [0.5, 0.6) is 0 Å². The van der Waals surface area contributed by atoms with E-state index in [2.05, 4.69) is 77.6 Å². The zero-order valence-corrected chi connectivity index (χ0v) is 30.0. The van der Waals surface area contributed by atoms with Gasteiger partial charge in [0.25, 0.3) is 0 Å². The van der Waals surface area contributed by atoms with E-state index in [-0.39, 0.29) is 0 Å². The summed E-state index contributed by atoms with van der Waals surface area (Å²) in [6.45, 7) is 7.28.